The normalized spacial score (nSPS) is 30.9. The Kier molecular flexibility index (Phi) is 3.79. The number of carbonyl (C=O) groups excluding carboxylic acids is 1. The largest absolute Gasteiger partial charge is 0.462 e. The SMILES string of the molecule is CC(C)[C@H]1CCC[C@H]2C(=O)OC[C@@H](c3ccccc3)N12. The first-order chi connectivity index (χ1) is 9.68. The molecule has 2 aliphatic heterocycles. The van der Waals surface area contributed by atoms with Crippen LogP contribution in [0.3, 0.4) is 0 Å². The van der Waals surface area contributed by atoms with Crippen LogP contribution in [-0.4, -0.2) is 29.6 Å². The van der Waals surface area contributed by atoms with Crippen molar-refractivity contribution in [2.45, 2.75) is 51.2 Å². The van der Waals surface area contributed by atoms with Gasteiger partial charge in [0.1, 0.15) is 12.6 Å². The fraction of sp³-hybridized carbons (Fsp3) is 0.588. The zero-order valence-corrected chi connectivity index (χ0v) is 12.3. The predicted molar refractivity (Wildman–Crippen MR) is 78.2 cm³/mol. The summed E-state index contributed by atoms with van der Waals surface area (Å²) in [4.78, 5) is 14.5. The van der Waals surface area contributed by atoms with E-state index in [0.717, 1.165) is 12.8 Å². The highest BCUT2D eigenvalue weighted by molar-refractivity contribution is 5.77. The van der Waals surface area contributed by atoms with Crippen molar-refractivity contribution in [2.75, 3.05) is 6.61 Å². The second kappa shape index (κ2) is 5.57. The molecule has 108 valence electrons. The molecule has 20 heavy (non-hydrogen) atoms. The first kappa shape index (κ1) is 13.6. The molecule has 0 saturated carbocycles. The molecular formula is C17H23NO2. The van der Waals surface area contributed by atoms with Gasteiger partial charge in [-0.1, -0.05) is 44.2 Å². The number of cyclic esters (lactones) is 1. The van der Waals surface area contributed by atoms with E-state index in [2.05, 4.69) is 43.0 Å². The number of nitrogens with zero attached hydrogens (tertiary/aromatic N) is 1. The number of rotatable bonds is 2. The summed E-state index contributed by atoms with van der Waals surface area (Å²) < 4.78 is 5.46. The smallest absolute Gasteiger partial charge is 0.323 e. The quantitative estimate of drug-likeness (QED) is 0.775. The summed E-state index contributed by atoms with van der Waals surface area (Å²) in [5.41, 5.74) is 1.26. The molecule has 2 aliphatic rings. The maximum Gasteiger partial charge on any atom is 0.323 e. The van der Waals surface area contributed by atoms with Crippen LogP contribution in [0.1, 0.15) is 44.7 Å². The summed E-state index contributed by atoms with van der Waals surface area (Å²) in [6.07, 6.45) is 3.25. The maximum absolute atomic E-state index is 12.1. The van der Waals surface area contributed by atoms with E-state index in [-0.39, 0.29) is 18.1 Å². The third-order valence-electron chi connectivity index (χ3n) is 4.69. The van der Waals surface area contributed by atoms with E-state index in [4.69, 9.17) is 4.74 Å². The van der Waals surface area contributed by atoms with Crippen LogP contribution in [0.2, 0.25) is 0 Å². The monoisotopic (exact) mass is 273 g/mol. The maximum atomic E-state index is 12.1. The lowest BCUT2D eigenvalue weighted by Crippen LogP contribution is -2.58. The van der Waals surface area contributed by atoms with Crippen LogP contribution in [0.4, 0.5) is 0 Å². The van der Waals surface area contributed by atoms with Crippen LogP contribution in [0.25, 0.3) is 0 Å². The van der Waals surface area contributed by atoms with E-state index < -0.39 is 0 Å². The molecule has 0 aromatic heterocycles. The van der Waals surface area contributed by atoms with Gasteiger partial charge in [0.2, 0.25) is 0 Å². The van der Waals surface area contributed by atoms with Gasteiger partial charge < -0.3 is 4.74 Å². The summed E-state index contributed by atoms with van der Waals surface area (Å²) in [6, 6.07) is 11.1. The second-order valence-electron chi connectivity index (χ2n) is 6.26. The van der Waals surface area contributed by atoms with Gasteiger partial charge in [0.05, 0.1) is 6.04 Å². The molecule has 0 amide bonds. The molecular weight excluding hydrogens is 250 g/mol. The molecule has 0 unspecified atom stereocenters. The highest BCUT2D eigenvalue weighted by Gasteiger charge is 2.45. The summed E-state index contributed by atoms with van der Waals surface area (Å²) >= 11 is 0. The van der Waals surface area contributed by atoms with Crippen LogP contribution in [0, 0.1) is 5.92 Å². The number of ether oxygens (including phenoxy) is 1. The lowest BCUT2D eigenvalue weighted by atomic mass is 9.85. The van der Waals surface area contributed by atoms with E-state index in [1.807, 2.05) is 6.07 Å². The van der Waals surface area contributed by atoms with Crippen molar-refractivity contribution >= 4 is 5.97 Å². The molecule has 0 spiro atoms. The lowest BCUT2D eigenvalue weighted by molar-refractivity contribution is -0.171. The van der Waals surface area contributed by atoms with E-state index in [0.29, 0.717) is 18.6 Å². The molecule has 3 atom stereocenters. The van der Waals surface area contributed by atoms with Gasteiger partial charge in [-0.15, -0.1) is 0 Å². The highest BCUT2D eigenvalue weighted by Crippen LogP contribution is 2.38. The number of morpholine rings is 1. The molecule has 1 aromatic carbocycles. The van der Waals surface area contributed by atoms with E-state index >= 15 is 0 Å². The van der Waals surface area contributed by atoms with Gasteiger partial charge in [0.15, 0.2) is 0 Å². The molecule has 0 N–H and O–H groups in total. The van der Waals surface area contributed by atoms with Gasteiger partial charge in [-0.25, -0.2) is 0 Å². The fourth-order valence-electron chi connectivity index (χ4n) is 3.70. The third-order valence-corrected chi connectivity index (χ3v) is 4.69. The molecule has 3 nitrogen and oxygen atoms in total. The van der Waals surface area contributed by atoms with Gasteiger partial charge in [-0.05, 0) is 30.7 Å². The number of piperidine rings is 1. The minimum atomic E-state index is -0.0462. The van der Waals surface area contributed by atoms with E-state index in [1.54, 1.807) is 0 Å². The third kappa shape index (κ3) is 2.35. The molecule has 0 aliphatic carbocycles. The first-order valence-electron chi connectivity index (χ1n) is 7.67. The lowest BCUT2D eigenvalue weighted by Gasteiger charge is -2.49. The Bertz CT molecular complexity index is 471. The molecule has 3 rings (SSSR count). The van der Waals surface area contributed by atoms with E-state index in [1.165, 1.54) is 12.0 Å². The molecule has 2 fully saturated rings. The van der Waals surface area contributed by atoms with E-state index in [9.17, 15) is 4.79 Å². The standard InChI is InChI=1S/C17H23NO2/c1-12(2)14-9-6-10-15-17(19)20-11-16(18(14)15)13-7-4-3-5-8-13/h3-5,7-8,12,14-16H,6,9-11H2,1-2H3/t14-,15+,16+/m1/s1. The topological polar surface area (TPSA) is 29.5 Å². The number of esters is 1. The van der Waals surface area contributed by atoms with Crippen LogP contribution in [0.5, 0.6) is 0 Å². The Hall–Kier alpha value is -1.35. The average molecular weight is 273 g/mol. The minimum Gasteiger partial charge on any atom is -0.462 e. The van der Waals surface area contributed by atoms with Crippen LogP contribution in [-0.2, 0) is 9.53 Å². The van der Waals surface area contributed by atoms with Crippen molar-refractivity contribution in [3.8, 4) is 0 Å². The highest BCUT2D eigenvalue weighted by atomic mass is 16.5. The van der Waals surface area contributed by atoms with Crippen LogP contribution < -0.4 is 0 Å². The fourth-order valence-corrected chi connectivity index (χ4v) is 3.70. The van der Waals surface area contributed by atoms with Crippen molar-refractivity contribution in [3.05, 3.63) is 35.9 Å². The molecule has 0 radical (unpaired) electrons. The molecule has 1 aromatic rings. The number of carbonyl (C=O) groups is 1. The number of fused-ring (bicyclic) bond motifs is 1. The number of hydrogen-bond donors (Lipinski definition) is 0. The Morgan fingerprint density at radius 2 is 1.90 bits per heavy atom. The first-order valence-corrected chi connectivity index (χ1v) is 7.67. The Balaban J connectivity index is 1.95. The summed E-state index contributed by atoms with van der Waals surface area (Å²) in [5, 5.41) is 0. The van der Waals surface area contributed by atoms with Gasteiger partial charge in [0.25, 0.3) is 0 Å². The van der Waals surface area contributed by atoms with Crippen molar-refractivity contribution < 1.29 is 9.53 Å². The predicted octanol–water partition coefficient (Wildman–Crippen LogP) is 3.16. The Morgan fingerprint density at radius 1 is 1.15 bits per heavy atom. The second-order valence-corrected chi connectivity index (χ2v) is 6.26. The van der Waals surface area contributed by atoms with Gasteiger partial charge in [-0.3, -0.25) is 9.69 Å². The molecule has 3 heteroatoms. The van der Waals surface area contributed by atoms with Crippen molar-refractivity contribution in [1.82, 2.24) is 4.90 Å². The van der Waals surface area contributed by atoms with Gasteiger partial charge in [0, 0.05) is 6.04 Å². The van der Waals surface area contributed by atoms with Crippen molar-refractivity contribution in [2.24, 2.45) is 5.92 Å². The number of hydrogen-bond acceptors (Lipinski definition) is 3. The minimum absolute atomic E-state index is 0.0254. The summed E-state index contributed by atoms with van der Waals surface area (Å²) in [7, 11) is 0. The van der Waals surface area contributed by atoms with Crippen LogP contribution >= 0.6 is 0 Å². The molecule has 2 saturated heterocycles. The van der Waals surface area contributed by atoms with Crippen molar-refractivity contribution in [1.29, 1.82) is 0 Å². The Labute approximate surface area is 120 Å². The van der Waals surface area contributed by atoms with Gasteiger partial charge >= 0.3 is 5.97 Å². The number of benzene rings is 1. The van der Waals surface area contributed by atoms with Crippen molar-refractivity contribution in [3.63, 3.8) is 0 Å². The van der Waals surface area contributed by atoms with Gasteiger partial charge in [-0.2, -0.15) is 0 Å². The Morgan fingerprint density at radius 3 is 2.60 bits per heavy atom. The van der Waals surface area contributed by atoms with Crippen LogP contribution in [0.15, 0.2) is 30.3 Å². The molecule has 2 heterocycles. The zero-order valence-electron chi connectivity index (χ0n) is 12.3. The summed E-state index contributed by atoms with van der Waals surface area (Å²) in [5.74, 6) is 0.539. The average Bonchev–Trinajstić information content (AvgIpc) is 2.48. The zero-order chi connectivity index (χ0) is 14.1. The summed E-state index contributed by atoms with van der Waals surface area (Å²) in [6.45, 7) is 5.01. The molecule has 0 bridgehead atoms.